The molecule has 1 aliphatic rings. The highest BCUT2D eigenvalue weighted by Crippen LogP contribution is 2.31. The molecule has 1 unspecified atom stereocenters. The lowest BCUT2D eigenvalue weighted by molar-refractivity contribution is -0.116. The Hall–Kier alpha value is -2.86. The molecular formula is C19H16ClFN2O3. The van der Waals surface area contributed by atoms with E-state index in [-0.39, 0.29) is 12.2 Å². The molecule has 2 aromatic rings. The zero-order valence-corrected chi connectivity index (χ0v) is 14.7. The van der Waals surface area contributed by atoms with Crippen LogP contribution in [-0.4, -0.2) is 23.8 Å². The Morgan fingerprint density at radius 1 is 1.31 bits per heavy atom. The Morgan fingerprint density at radius 3 is 2.85 bits per heavy atom. The van der Waals surface area contributed by atoms with Gasteiger partial charge in [0.25, 0.3) is 0 Å². The summed E-state index contributed by atoms with van der Waals surface area (Å²) in [6, 6.07) is 9.67. The number of nitrogens with zero attached hydrogens (tertiary/aromatic N) is 1. The molecule has 5 nitrogen and oxygen atoms in total. The van der Waals surface area contributed by atoms with Crippen molar-refractivity contribution < 1.29 is 18.7 Å². The first kappa shape index (κ1) is 17.9. The molecule has 7 heteroatoms. The number of urea groups is 1. The van der Waals surface area contributed by atoms with Crippen LogP contribution in [0.3, 0.4) is 0 Å². The van der Waals surface area contributed by atoms with Crippen LogP contribution in [-0.2, 0) is 4.79 Å². The third-order valence-corrected chi connectivity index (χ3v) is 4.33. The summed E-state index contributed by atoms with van der Waals surface area (Å²) in [5.74, 6) is -0.126. The smallest absolute Gasteiger partial charge is 0.326 e. The quantitative estimate of drug-likeness (QED) is 0.857. The molecule has 0 saturated heterocycles. The van der Waals surface area contributed by atoms with E-state index in [0.29, 0.717) is 22.0 Å². The summed E-state index contributed by atoms with van der Waals surface area (Å²) in [4.78, 5) is 25.9. The van der Waals surface area contributed by atoms with Crippen LogP contribution in [0.4, 0.5) is 14.9 Å². The Bertz CT molecular complexity index is 885. The van der Waals surface area contributed by atoms with Gasteiger partial charge >= 0.3 is 6.03 Å². The van der Waals surface area contributed by atoms with E-state index in [4.69, 9.17) is 16.3 Å². The number of hydrogen-bond acceptors (Lipinski definition) is 3. The van der Waals surface area contributed by atoms with Crippen molar-refractivity contribution in [2.24, 2.45) is 0 Å². The van der Waals surface area contributed by atoms with Crippen LogP contribution in [0, 0.1) is 5.82 Å². The molecule has 0 spiro atoms. The lowest BCUT2D eigenvalue weighted by atomic mass is 9.97. The van der Waals surface area contributed by atoms with Crippen molar-refractivity contribution in [3.63, 3.8) is 0 Å². The second-order valence-corrected chi connectivity index (χ2v) is 6.15. The van der Waals surface area contributed by atoms with E-state index in [1.54, 1.807) is 30.3 Å². The van der Waals surface area contributed by atoms with Gasteiger partial charge in [-0.2, -0.15) is 0 Å². The maximum absolute atomic E-state index is 13.6. The third-order valence-electron chi connectivity index (χ3n) is 4.02. The fourth-order valence-electron chi connectivity index (χ4n) is 2.75. The second kappa shape index (κ2) is 7.58. The maximum atomic E-state index is 13.6. The predicted molar refractivity (Wildman–Crippen MR) is 96.8 cm³/mol. The van der Waals surface area contributed by atoms with E-state index in [0.717, 1.165) is 0 Å². The summed E-state index contributed by atoms with van der Waals surface area (Å²) in [6.07, 6.45) is 2.82. The molecule has 0 bridgehead atoms. The van der Waals surface area contributed by atoms with E-state index in [2.05, 4.69) is 5.32 Å². The molecule has 0 aliphatic carbocycles. The van der Waals surface area contributed by atoms with Crippen LogP contribution in [0.5, 0.6) is 5.75 Å². The number of methoxy groups -OCH3 is 1. The first-order valence-corrected chi connectivity index (χ1v) is 8.25. The lowest BCUT2D eigenvalue weighted by Gasteiger charge is -2.31. The molecule has 1 N–H and O–H groups in total. The number of ketones is 1. The van der Waals surface area contributed by atoms with Gasteiger partial charge in [-0.3, -0.25) is 9.69 Å². The number of allylic oxidation sites excluding steroid dienone is 1. The van der Waals surface area contributed by atoms with Crippen molar-refractivity contribution in [3.8, 4) is 5.75 Å². The standard InChI is InChI=1S/C19H16ClFN2O3/c1-26-18-10-14(5-6-16(18)20)22-19(25)23-8-7-15(24)11-17(23)12-3-2-4-13(21)9-12/h2-10,17H,11H2,1H3,(H,22,25). The number of carbonyl (C=O) groups excluding carboxylic acids is 2. The van der Waals surface area contributed by atoms with Gasteiger partial charge in [0.2, 0.25) is 0 Å². The van der Waals surface area contributed by atoms with E-state index in [9.17, 15) is 14.0 Å². The average molecular weight is 375 g/mol. The number of anilines is 1. The number of benzene rings is 2. The first-order chi connectivity index (χ1) is 12.5. The van der Waals surface area contributed by atoms with Crippen molar-refractivity contribution in [3.05, 3.63) is 71.1 Å². The molecule has 2 aromatic carbocycles. The summed E-state index contributed by atoms with van der Waals surface area (Å²) < 4.78 is 18.7. The van der Waals surface area contributed by atoms with Gasteiger partial charge < -0.3 is 10.1 Å². The highest BCUT2D eigenvalue weighted by molar-refractivity contribution is 6.32. The average Bonchev–Trinajstić information content (AvgIpc) is 2.63. The number of halogens is 2. The molecule has 0 aromatic heterocycles. The molecular weight excluding hydrogens is 359 g/mol. The van der Waals surface area contributed by atoms with Gasteiger partial charge in [0, 0.05) is 24.4 Å². The summed E-state index contributed by atoms with van der Waals surface area (Å²) in [5.41, 5.74) is 1.03. The molecule has 1 atom stereocenters. The molecule has 134 valence electrons. The number of nitrogens with one attached hydrogen (secondary N) is 1. The highest BCUT2D eigenvalue weighted by Gasteiger charge is 2.29. The van der Waals surface area contributed by atoms with Crippen molar-refractivity contribution in [2.75, 3.05) is 12.4 Å². The number of carbonyl (C=O) groups is 2. The summed E-state index contributed by atoms with van der Waals surface area (Å²) in [6.45, 7) is 0. The number of rotatable bonds is 3. The largest absolute Gasteiger partial charge is 0.495 e. The zero-order valence-electron chi connectivity index (χ0n) is 13.9. The number of ether oxygens (including phenoxy) is 1. The Morgan fingerprint density at radius 2 is 2.12 bits per heavy atom. The maximum Gasteiger partial charge on any atom is 0.326 e. The van der Waals surface area contributed by atoms with Gasteiger partial charge in [0.1, 0.15) is 11.6 Å². The Kier molecular flexibility index (Phi) is 5.23. The monoisotopic (exact) mass is 374 g/mol. The molecule has 0 fully saturated rings. The number of hydrogen-bond donors (Lipinski definition) is 1. The first-order valence-electron chi connectivity index (χ1n) is 7.87. The number of amides is 2. The predicted octanol–water partition coefficient (Wildman–Crippen LogP) is 4.55. The molecule has 3 rings (SSSR count). The SMILES string of the molecule is COc1cc(NC(=O)N2C=CC(=O)CC2c2cccc(F)c2)ccc1Cl. The molecule has 26 heavy (non-hydrogen) atoms. The molecule has 2 amide bonds. The molecule has 1 heterocycles. The Balaban J connectivity index is 1.86. The van der Waals surface area contributed by atoms with Crippen LogP contribution in [0.25, 0.3) is 0 Å². The summed E-state index contributed by atoms with van der Waals surface area (Å²) in [5, 5.41) is 3.16. The van der Waals surface area contributed by atoms with Crippen molar-refractivity contribution in [1.29, 1.82) is 0 Å². The van der Waals surface area contributed by atoms with Crippen molar-refractivity contribution in [2.45, 2.75) is 12.5 Å². The van der Waals surface area contributed by atoms with Gasteiger partial charge in [-0.25, -0.2) is 9.18 Å². The van der Waals surface area contributed by atoms with Crippen LogP contribution < -0.4 is 10.1 Å². The highest BCUT2D eigenvalue weighted by atomic mass is 35.5. The third kappa shape index (κ3) is 3.86. The van der Waals surface area contributed by atoms with Crippen molar-refractivity contribution in [1.82, 2.24) is 4.90 Å². The van der Waals surface area contributed by atoms with Crippen molar-refractivity contribution >= 4 is 29.1 Å². The fraction of sp³-hybridized carbons (Fsp3) is 0.158. The second-order valence-electron chi connectivity index (χ2n) is 5.74. The van der Waals surface area contributed by atoms with Gasteiger partial charge in [-0.05, 0) is 35.9 Å². The van der Waals surface area contributed by atoms with E-state index < -0.39 is 17.9 Å². The fourth-order valence-corrected chi connectivity index (χ4v) is 2.95. The van der Waals surface area contributed by atoms with Crippen LogP contribution in [0.2, 0.25) is 5.02 Å². The van der Waals surface area contributed by atoms with E-state index >= 15 is 0 Å². The zero-order chi connectivity index (χ0) is 18.7. The van der Waals surface area contributed by atoms with Gasteiger partial charge in [0.15, 0.2) is 5.78 Å². The topological polar surface area (TPSA) is 58.6 Å². The summed E-state index contributed by atoms with van der Waals surface area (Å²) >= 11 is 5.98. The van der Waals surface area contributed by atoms with Crippen LogP contribution in [0.15, 0.2) is 54.7 Å². The van der Waals surface area contributed by atoms with Gasteiger partial charge in [-0.1, -0.05) is 23.7 Å². The van der Waals surface area contributed by atoms with Gasteiger partial charge in [-0.15, -0.1) is 0 Å². The minimum Gasteiger partial charge on any atom is -0.495 e. The van der Waals surface area contributed by atoms with Crippen LogP contribution in [0.1, 0.15) is 18.0 Å². The minimum absolute atomic E-state index is 0.0807. The molecule has 0 saturated carbocycles. The van der Waals surface area contributed by atoms with Gasteiger partial charge in [0.05, 0.1) is 18.2 Å². The van der Waals surface area contributed by atoms with Crippen LogP contribution >= 0.6 is 11.6 Å². The molecule has 0 radical (unpaired) electrons. The van der Waals surface area contributed by atoms with E-state index in [1.807, 2.05) is 0 Å². The summed E-state index contributed by atoms with van der Waals surface area (Å²) in [7, 11) is 1.48. The lowest BCUT2D eigenvalue weighted by Crippen LogP contribution is -2.37. The normalized spacial score (nSPS) is 16.5. The molecule has 1 aliphatic heterocycles. The minimum atomic E-state index is -0.586. The Labute approximate surface area is 155 Å². The van der Waals surface area contributed by atoms with E-state index in [1.165, 1.54) is 36.4 Å².